The van der Waals surface area contributed by atoms with Crippen LogP contribution in [0.3, 0.4) is 0 Å². The van der Waals surface area contributed by atoms with Crippen LogP contribution in [-0.2, 0) is 10.2 Å². The molecule has 2 heteroatoms. The molecule has 2 saturated carbocycles. The minimum Gasteiger partial charge on any atom is -0.481 e. The predicted octanol–water partition coefficient (Wildman–Crippen LogP) is 2.97. The fourth-order valence-corrected chi connectivity index (χ4v) is 3.68. The third-order valence-electron chi connectivity index (χ3n) is 4.58. The minimum absolute atomic E-state index is 0.0835. The lowest BCUT2D eigenvalue weighted by Gasteiger charge is -2.18. The van der Waals surface area contributed by atoms with Gasteiger partial charge in [0.15, 0.2) is 0 Å². The maximum Gasteiger partial charge on any atom is 0.314 e. The lowest BCUT2D eigenvalue weighted by Crippen LogP contribution is -2.26. The lowest BCUT2D eigenvalue weighted by atomic mass is 9.85. The Morgan fingerprint density at radius 2 is 1.75 bits per heavy atom. The Bertz CT molecular complexity index is 418. The summed E-state index contributed by atoms with van der Waals surface area (Å²) in [5.41, 5.74) is 0.523. The molecule has 1 aromatic rings. The van der Waals surface area contributed by atoms with Crippen LogP contribution in [0.1, 0.15) is 37.7 Å². The summed E-state index contributed by atoms with van der Waals surface area (Å²) in [4.78, 5) is 11.6. The molecule has 0 amide bonds. The highest BCUT2D eigenvalue weighted by Gasteiger charge is 2.72. The van der Waals surface area contributed by atoms with Crippen LogP contribution in [0.5, 0.6) is 0 Å². The van der Waals surface area contributed by atoms with Crippen LogP contribution in [0.4, 0.5) is 0 Å². The van der Waals surface area contributed by atoms with Crippen LogP contribution in [0.15, 0.2) is 30.3 Å². The number of carboxylic acid groups (broad SMARTS) is 1. The Morgan fingerprint density at radius 1 is 1.12 bits per heavy atom. The van der Waals surface area contributed by atoms with Gasteiger partial charge in [-0.25, -0.2) is 0 Å². The monoisotopic (exact) mass is 216 g/mol. The first-order valence-electron chi connectivity index (χ1n) is 6.00. The Kier molecular flexibility index (Phi) is 1.91. The maximum atomic E-state index is 11.6. The van der Waals surface area contributed by atoms with Gasteiger partial charge in [-0.15, -0.1) is 0 Å². The Morgan fingerprint density at radius 3 is 2.31 bits per heavy atom. The molecule has 0 radical (unpaired) electrons. The number of benzene rings is 1. The zero-order chi connectivity index (χ0) is 11.2. The van der Waals surface area contributed by atoms with Crippen LogP contribution < -0.4 is 0 Å². The van der Waals surface area contributed by atoms with Crippen molar-refractivity contribution in [2.45, 2.75) is 37.5 Å². The predicted molar refractivity (Wildman–Crippen MR) is 61.3 cm³/mol. The van der Waals surface area contributed by atoms with Crippen LogP contribution in [-0.4, -0.2) is 11.1 Å². The first kappa shape index (κ1) is 9.88. The molecule has 1 N–H and O–H groups in total. The van der Waals surface area contributed by atoms with E-state index in [1.165, 1.54) is 12.8 Å². The van der Waals surface area contributed by atoms with E-state index in [0.29, 0.717) is 0 Å². The molecular formula is C14H16O2. The number of hydrogen-bond acceptors (Lipinski definition) is 1. The molecular weight excluding hydrogens is 200 g/mol. The summed E-state index contributed by atoms with van der Waals surface area (Å²) in [6.45, 7) is 0. The van der Waals surface area contributed by atoms with E-state index in [1.54, 1.807) is 0 Å². The Labute approximate surface area is 95.3 Å². The van der Waals surface area contributed by atoms with Crippen LogP contribution in [0, 0.1) is 5.41 Å². The van der Waals surface area contributed by atoms with E-state index >= 15 is 0 Å². The molecule has 0 aliphatic heterocycles. The van der Waals surface area contributed by atoms with Gasteiger partial charge < -0.3 is 5.11 Å². The zero-order valence-electron chi connectivity index (χ0n) is 9.28. The smallest absolute Gasteiger partial charge is 0.314 e. The van der Waals surface area contributed by atoms with Crippen molar-refractivity contribution in [3.05, 3.63) is 35.9 Å². The zero-order valence-corrected chi connectivity index (χ0v) is 9.28. The van der Waals surface area contributed by atoms with Gasteiger partial charge in [0.25, 0.3) is 0 Å². The second-order valence-corrected chi connectivity index (χ2v) is 5.24. The van der Waals surface area contributed by atoms with E-state index in [-0.39, 0.29) is 5.41 Å². The van der Waals surface area contributed by atoms with E-state index in [1.807, 2.05) is 30.3 Å². The van der Waals surface area contributed by atoms with Gasteiger partial charge in [-0.3, -0.25) is 4.79 Å². The number of hydrogen-bond donors (Lipinski definition) is 1. The molecule has 2 aliphatic carbocycles. The quantitative estimate of drug-likeness (QED) is 0.825. The highest BCUT2D eigenvalue weighted by molar-refractivity contribution is 5.87. The normalized spacial score (nSPS) is 30.5. The van der Waals surface area contributed by atoms with Gasteiger partial charge in [-0.1, -0.05) is 43.2 Å². The van der Waals surface area contributed by atoms with E-state index in [4.69, 9.17) is 0 Å². The largest absolute Gasteiger partial charge is 0.481 e. The minimum atomic E-state index is -0.624. The molecule has 1 atom stereocenters. The molecule has 0 bridgehead atoms. The fraction of sp³-hybridized carbons (Fsp3) is 0.500. The lowest BCUT2D eigenvalue weighted by molar-refractivity contribution is -0.141. The summed E-state index contributed by atoms with van der Waals surface area (Å²) in [6.07, 6.45) is 5.42. The molecule has 0 saturated heterocycles. The van der Waals surface area contributed by atoms with E-state index in [0.717, 1.165) is 24.8 Å². The molecule has 1 aromatic carbocycles. The topological polar surface area (TPSA) is 37.3 Å². The average Bonchev–Trinajstić information content (AvgIpc) is 2.70. The summed E-state index contributed by atoms with van der Waals surface area (Å²) in [5.74, 6) is -0.624. The Hall–Kier alpha value is -1.31. The molecule has 0 heterocycles. The average molecular weight is 216 g/mol. The van der Waals surface area contributed by atoms with Gasteiger partial charge in [0.05, 0.1) is 5.41 Å². The van der Waals surface area contributed by atoms with Crippen LogP contribution in [0.2, 0.25) is 0 Å². The van der Waals surface area contributed by atoms with E-state index < -0.39 is 11.4 Å². The van der Waals surface area contributed by atoms with Gasteiger partial charge in [-0.05, 0) is 30.2 Å². The SMILES string of the molecule is O=C(O)C1(c2ccccc2)CC12CCCC2. The Balaban J connectivity index is 2.04. The number of carbonyl (C=O) groups is 1. The van der Waals surface area contributed by atoms with Crippen molar-refractivity contribution in [3.8, 4) is 0 Å². The van der Waals surface area contributed by atoms with Gasteiger partial charge in [0.1, 0.15) is 0 Å². The van der Waals surface area contributed by atoms with Crippen molar-refractivity contribution in [2.24, 2.45) is 5.41 Å². The fourth-order valence-electron chi connectivity index (χ4n) is 3.68. The summed E-state index contributed by atoms with van der Waals surface area (Å²) in [7, 11) is 0. The van der Waals surface area contributed by atoms with Crippen molar-refractivity contribution >= 4 is 5.97 Å². The molecule has 0 aromatic heterocycles. The van der Waals surface area contributed by atoms with Gasteiger partial charge >= 0.3 is 5.97 Å². The van der Waals surface area contributed by atoms with Crippen molar-refractivity contribution in [1.29, 1.82) is 0 Å². The molecule has 1 spiro atoms. The summed E-state index contributed by atoms with van der Waals surface area (Å²) < 4.78 is 0. The van der Waals surface area contributed by atoms with Crippen molar-refractivity contribution in [1.82, 2.24) is 0 Å². The first-order valence-corrected chi connectivity index (χ1v) is 6.00. The third-order valence-corrected chi connectivity index (χ3v) is 4.58. The molecule has 2 nitrogen and oxygen atoms in total. The highest BCUT2D eigenvalue weighted by Crippen LogP contribution is 2.72. The first-order chi connectivity index (χ1) is 7.71. The second kappa shape index (κ2) is 3.09. The van der Waals surface area contributed by atoms with Crippen LogP contribution >= 0.6 is 0 Å². The maximum absolute atomic E-state index is 11.6. The second-order valence-electron chi connectivity index (χ2n) is 5.24. The molecule has 16 heavy (non-hydrogen) atoms. The number of rotatable bonds is 2. The van der Waals surface area contributed by atoms with E-state index in [2.05, 4.69) is 0 Å². The molecule has 2 aliphatic rings. The summed E-state index contributed by atoms with van der Waals surface area (Å²) in [6, 6.07) is 9.78. The summed E-state index contributed by atoms with van der Waals surface area (Å²) >= 11 is 0. The highest BCUT2D eigenvalue weighted by atomic mass is 16.4. The van der Waals surface area contributed by atoms with E-state index in [9.17, 15) is 9.90 Å². The molecule has 84 valence electrons. The van der Waals surface area contributed by atoms with Crippen molar-refractivity contribution in [3.63, 3.8) is 0 Å². The van der Waals surface area contributed by atoms with Crippen LogP contribution in [0.25, 0.3) is 0 Å². The van der Waals surface area contributed by atoms with Crippen molar-refractivity contribution in [2.75, 3.05) is 0 Å². The van der Waals surface area contributed by atoms with Crippen molar-refractivity contribution < 1.29 is 9.90 Å². The summed E-state index contributed by atoms with van der Waals surface area (Å²) in [5, 5.41) is 9.58. The molecule has 1 unspecified atom stereocenters. The number of aliphatic carboxylic acids is 1. The van der Waals surface area contributed by atoms with Gasteiger partial charge in [-0.2, -0.15) is 0 Å². The molecule has 3 rings (SSSR count). The third kappa shape index (κ3) is 1.05. The standard InChI is InChI=1S/C14H16O2/c15-12(16)14(11-6-2-1-3-7-11)10-13(14)8-4-5-9-13/h1-3,6-7H,4-5,8-10H2,(H,15,16). The number of carboxylic acids is 1. The van der Waals surface area contributed by atoms with Gasteiger partial charge in [0, 0.05) is 0 Å². The van der Waals surface area contributed by atoms with Gasteiger partial charge in [0.2, 0.25) is 0 Å². The molecule has 2 fully saturated rings.